The number of nitrogens with zero attached hydrogens (tertiary/aromatic N) is 1. The van der Waals surface area contributed by atoms with E-state index in [1.165, 1.54) is 0 Å². The molecule has 1 N–H and O–H groups in total. The summed E-state index contributed by atoms with van der Waals surface area (Å²) in [7, 11) is 0. The summed E-state index contributed by atoms with van der Waals surface area (Å²) < 4.78 is 29.3. The van der Waals surface area contributed by atoms with E-state index in [-0.39, 0.29) is 24.1 Å². The maximum absolute atomic E-state index is 12.5. The first-order valence-corrected chi connectivity index (χ1v) is 7.05. The van der Waals surface area contributed by atoms with Gasteiger partial charge >= 0.3 is 6.61 Å². The van der Waals surface area contributed by atoms with E-state index in [0.717, 1.165) is 19.5 Å². The van der Waals surface area contributed by atoms with Crippen molar-refractivity contribution in [3.8, 4) is 5.75 Å². The molecule has 4 nitrogen and oxygen atoms in total. The Hall–Kier alpha value is -1.40. The molecular weight excluding hydrogens is 314 g/mol. The fourth-order valence-electron chi connectivity index (χ4n) is 2.58. The lowest BCUT2D eigenvalue weighted by Gasteiger charge is -2.21. The second kappa shape index (κ2) is 8.29. The number of halogens is 3. The van der Waals surface area contributed by atoms with E-state index in [4.69, 9.17) is 0 Å². The van der Waals surface area contributed by atoms with Crippen LogP contribution in [0.5, 0.6) is 5.75 Å². The Balaban J connectivity index is 0.00000242. The highest BCUT2D eigenvalue weighted by atomic mass is 35.5. The van der Waals surface area contributed by atoms with Crippen LogP contribution in [-0.2, 0) is 0 Å². The number of ether oxygens (including phenoxy) is 1. The highest BCUT2D eigenvalue weighted by Crippen LogP contribution is 2.27. The van der Waals surface area contributed by atoms with Crippen LogP contribution in [0.4, 0.5) is 8.78 Å². The zero-order valence-corrected chi connectivity index (χ0v) is 13.5. The van der Waals surface area contributed by atoms with Crippen molar-refractivity contribution < 1.29 is 18.3 Å². The summed E-state index contributed by atoms with van der Waals surface area (Å²) in [5, 5.41) is 3.24. The van der Waals surface area contributed by atoms with E-state index in [2.05, 4.69) is 10.1 Å². The third-order valence-corrected chi connectivity index (χ3v) is 3.54. The smallest absolute Gasteiger partial charge is 0.387 e. The van der Waals surface area contributed by atoms with Crippen molar-refractivity contribution in [2.24, 2.45) is 0 Å². The summed E-state index contributed by atoms with van der Waals surface area (Å²) in [4.78, 5) is 14.3. The predicted molar refractivity (Wildman–Crippen MR) is 83.2 cm³/mol. The monoisotopic (exact) mass is 334 g/mol. The molecule has 0 radical (unpaired) electrons. The zero-order chi connectivity index (χ0) is 15.4. The number of carbonyl (C=O) groups is 1. The van der Waals surface area contributed by atoms with Gasteiger partial charge in [0.05, 0.1) is 0 Å². The Labute approximate surface area is 135 Å². The van der Waals surface area contributed by atoms with Crippen molar-refractivity contribution in [1.82, 2.24) is 10.2 Å². The lowest BCUT2D eigenvalue weighted by atomic mass is 10.0. The lowest BCUT2D eigenvalue weighted by Crippen LogP contribution is -2.34. The van der Waals surface area contributed by atoms with E-state index in [1.807, 2.05) is 0 Å². The van der Waals surface area contributed by atoms with E-state index in [0.29, 0.717) is 29.8 Å². The number of hydrogen-bond acceptors (Lipinski definition) is 3. The van der Waals surface area contributed by atoms with Crippen LogP contribution in [0, 0.1) is 13.8 Å². The highest BCUT2D eigenvalue weighted by molar-refractivity contribution is 5.95. The van der Waals surface area contributed by atoms with Gasteiger partial charge in [0.2, 0.25) is 0 Å². The summed E-state index contributed by atoms with van der Waals surface area (Å²) in [6.07, 6.45) is 0.913. The number of carbonyl (C=O) groups excluding carboxylic acids is 1. The molecule has 0 aliphatic carbocycles. The second-order valence-corrected chi connectivity index (χ2v) is 5.21. The molecule has 1 saturated heterocycles. The van der Waals surface area contributed by atoms with Gasteiger partial charge < -0.3 is 15.0 Å². The van der Waals surface area contributed by atoms with Crippen molar-refractivity contribution in [2.45, 2.75) is 26.9 Å². The predicted octanol–water partition coefficient (Wildman–Crippen LogP) is 2.76. The van der Waals surface area contributed by atoms with Crippen LogP contribution in [0.2, 0.25) is 0 Å². The minimum absolute atomic E-state index is 0. The Bertz CT molecular complexity index is 495. The summed E-state index contributed by atoms with van der Waals surface area (Å²) in [6, 6.07) is 3.23. The molecule has 1 fully saturated rings. The molecule has 1 aromatic carbocycles. The number of benzene rings is 1. The van der Waals surface area contributed by atoms with Crippen molar-refractivity contribution in [3.63, 3.8) is 0 Å². The largest absolute Gasteiger partial charge is 0.434 e. The molecule has 0 saturated carbocycles. The van der Waals surface area contributed by atoms with Gasteiger partial charge in [-0.15, -0.1) is 12.4 Å². The third-order valence-electron chi connectivity index (χ3n) is 3.54. The van der Waals surface area contributed by atoms with Gasteiger partial charge in [-0.1, -0.05) is 0 Å². The first-order valence-electron chi connectivity index (χ1n) is 7.05. The summed E-state index contributed by atoms with van der Waals surface area (Å²) in [5.41, 5.74) is 1.62. The van der Waals surface area contributed by atoms with Crippen LogP contribution >= 0.6 is 12.4 Å². The Morgan fingerprint density at radius 3 is 2.45 bits per heavy atom. The van der Waals surface area contributed by atoms with E-state index in [1.54, 1.807) is 30.9 Å². The van der Waals surface area contributed by atoms with E-state index >= 15 is 0 Å². The normalized spacial score (nSPS) is 15.2. The molecule has 0 spiro atoms. The Morgan fingerprint density at radius 1 is 1.23 bits per heavy atom. The Kier molecular flexibility index (Phi) is 7.03. The first kappa shape index (κ1) is 18.6. The maximum atomic E-state index is 12.5. The topological polar surface area (TPSA) is 41.6 Å². The highest BCUT2D eigenvalue weighted by Gasteiger charge is 2.20. The number of nitrogens with one attached hydrogen (secondary N) is 1. The number of hydrogen-bond donors (Lipinski definition) is 1. The van der Waals surface area contributed by atoms with Gasteiger partial charge in [-0.25, -0.2) is 0 Å². The molecule has 22 heavy (non-hydrogen) atoms. The molecule has 0 aromatic heterocycles. The van der Waals surface area contributed by atoms with E-state index in [9.17, 15) is 13.6 Å². The maximum Gasteiger partial charge on any atom is 0.387 e. The van der Waals surface area contributed by atoms with Crippen LogP contribution in [0.25, 0.3) is 0 Å². The van der Waals surface area contributed by atoms with E-state index < -0.39 is 6.61 Å². The fraction of sp³-hybridized carbons (Fsp3) is 0.533. The molecule has 2 rings (SSSR count). The lowest BCUT2D eigenvalue weighted by molar-refractivity contribution is -0.0507. The quantitative estimate of drug-likeness (QED) is 0.924. The van der Waals surface area contributed by atoms with Crippen molar-refractivity contribution >= 4 is 18.3 Å². The zero-order valence-electron chi connectivity index (χ0n) is 12.7. The van der Waals surface area contributed by atoms with Crippen LogP contribution < -0.4 is 10.1 Å². The molecule has 1 aliphatic heterocycles. The van der Waals surface area contributed by atoms with Crippen LogP contribution in [0.3, 0.4) is 0 Å². The van der Waals surface area contributed by atoms with Crippen molar-refractivity contribution in [2.75, 3.05) is 26.2 Å². The number of alkyl halides is 2. The summed E-state index contributed by atoms with van der Waals surface area (Å²) >= 11 is 0. The van der Waals surface area contributed by atoms with Crippen molar-refractivity contribution in [3.05, 3.63) is 28.8 Å². The average molecular weight is 335 g/mol. The minimum atomic E-state index is -2.86. The summed E-state index contributed by atoms with van der Waals surface area (Å²) in [5.74, 6) is 0.0904. The molecule has 1 aromatic rings. The van der Waals surface area contributed by atoms with Gasteiger partial charge in [0, 0.05) is 25.2 Å². The fourth-order valence-corrected chi connectivity index (χ4v) is 2.58. The molecule has 1 amide bonds. The SMILES string of the molecule is Cc1cc(C(=O)N2CCCNCC2)cc(C)c1OC(F)F.Cl. The number of amides is 1. The second-order valence-electron chi connectivity index (χ2n) is 5.21. The van der Waals surface area contributed by atoms with Crippen LogP contribution in [0.15, 0.2) is 12.1 Å². The van der Waals surface area contributed by atoms with Gasteiger partial charge in [-0.05, 0) is 50.1 Å². The van der Waals surface area contributed by atoms with Gasteiger partial charge in [-0.2, -0.15) is 8.78 Å². The number of aryl methyl sites for hydroxylation is 2. The van der Waals surface area contributed by atoms with Crippen LogP contribution in [0.1, 0.15) is 27.9 Å². The number of rotatable bonds is 3. The first-order chi connectivity index (χ1) is 9.99. The molecule has 124 valence electrons. The standard InChI is InChI=1S/C15H20F2N2O2.ClH/c1-10-8-12(9-11(2)13(10)21-15(16)17)14(20)19-6-3-4-18-5-7-19;/h8-9,15,18H,3-7H2,1-2H3;1H. The van der Waals surface area contributed by atoms with Crippen molar-refractivity contribution in [1.29, 1.82) is 0 Å². The van der Waals surface area contributed by atoms with Gasteiger partial charge in [0.25, 0.3) is 5.91 Å². The molecule has 1 heterocycles. The molecule has 1 aliphatic rings. The molecule has 0 unspecified atom stereocenters. The third kappa shape index (κ3) is 4.55. The average Bonchev–Trinajstić information content (AvgIpc) is 2.70. The molecule has 7 heteroatoms. The Morgan fingerprint density at radius 2 is 1.86 bits per heavy atom. The minimum Gasteiger partial charge on any atom is -0.434 e. The summed E-state index contributed by atoms with van der Waals surface area (Å²) in [6.45, 7) is 3.53. The molecule has 0 atom stereocenters. The molecule has 0 bridgehead atoms. The van der Waals surface area contributed by atoms with Gasteiger partial charge in [0.1, 0.15) is 5.75 Å². The molecular formula is C15H21ClF2N2O2. The van der Waals surface area contributed by atoms with Gasteiger partial charge in [0.15, 0.2) is 0 Å². The van der Waals surface area contributed by atoms with Gasteiger partial charge in [-0.3, -0.25) is 4.79 Å². The van der Waals surface area contributed by atoms with Crippen LogP contribution in [-0.4, -0.2) is 43.6 Å².